The second kappa shape index (κ2) is 8.10. The van der Waals surface area contributed by atoms with E-state index in [-0.39, 0.29) is 17.7 Å². The van der Waals surface area contributed by atoms with Crippen LogP contribution in [0, 0.1) is 12.8 Å². The molecule has 5 nitrogen and oxygen atoms in total. The molecule has 0 spiro atoms. The molecule has 28 heavy (non-hydrogen) atoms. The number of carbonyl (C=O) groups is 2. The average Bonchev–Trinajstić information content (AvgIpc) is 3.27. The zero-order valence-electron chi connectivity index (χ0n) is 15.9. The molecule has 0 radical (unpaired) electrons. The Morgan fingerprint density at radius 3 is 2.79 bits per heavy atom. The topological polar surface area (TPSA) is 62.3 Å². The second-order valence-electron chi connectivity index (χ2n) is 7.28. The van der Waals surface area contributed by atoms with Gasteiger partial charge in [-0.1, -0.05) is 42.0 Å². The van der Waals surface area contributed by atoms with Gasteiger partial charge >= 0.3 is 0 Å². The van der Waals surface area contributed by atoms with E-state index in [2.05, 4.69) is 16.4 Å². The van der Waals surface area contributed by atoms with Crippen molar-refractivity contribution in [1.82, 2.24) is 15.2 Å². The zero-order valence-corrected chi connectivity index (χ0v) is 16.7. The summed E-state index contributed by atoms with van der Waals surface area (Å²) in [6.45, 7) is 3.63. The van der Waals surface area contributed by atoms with E-state index in [1.54, 1.807) is 16.2 Å². The van der Waals surface area contributed by atoms with Crippen molar-refractivity contribution in [2.45, 2.75) is 26.3 Å². The van der Waals surface area contributed by atoms with Crippen molar-refractivity contribution in [3.05, 3.63) is 64.7 Å². The number of aromatic nitrogens is 1. The molecule has 1 atom stereocenters. The Balaban J connectivity index is 1.27. The van der Waals surface area contributed by atoms with Gasteiger partial charge in [0.15, 0.2) is 0 Å². The maximum atomic E-state index is 12.5. The molecule has 1 aliphatic rings. The summed E-state index contributed by atoms with van der Waals surface area (Å²) in [7, 11) is 0. The fourth-order valence-corrected chi connectivity index (χ4v) is 4.45. The van der Waals surface area contributed by atoms with Crippen LogP contribution in [0.2, 0.25) is 0 Å². The van der Waals surface area contributed by atoms with E-state index in [4.69, 9.17) is 0 Å². The van der Waals surface area contributed by atoms with Crippen molar-refractivity contribution in [3.63, 3.8) is 0 Å². The molecule has 6 heteroatoms. The number of nitrogens with zero attached hydrogens (tertiary/aromatic N) is 2. The first-order chi connectivity index (χ1) is 13.6. The molecule has 3 aromatic rings. The number of aryl methyl sites for hydroxylation is 1. The molecule has 0 bridgehead atoms. The molecule has 0 saturated carbocycles. The third-order valence-corrected chi connectivity index (χ3v) is 6.15. The molecule has 2 aromatic carbocycles. The van der Waals surface area contributed by atoms with Crippen molar-refractivity contribution in [1.29, 1.82) is 0 Å². The minimum absolute atomic E-state index is 0.0409. The average molecular weight is 394 g/mol. The third-order valence-electron chi connectivity index (χ3n) is 5.06. The first-order valence-corrected chi connectivity index (χ1v) is 10.4. The minimum atomic E-state index is -0.270. The van der Waals surface area contributed by atoms with E-state index in [9.17, 15) is 9.59 Å². The highest BCUT2D eigenvalue weighted by molar-refractivity contribution is 7.18. The van der Waals surface area contributed by atoms with E-state index in [1.165, 1.54) is 5.56 Å². The van der Waals surface area contributed by atoms with Crippen LogP contribution in [-0.2, 0) is 22.6 Å². The van der Waals surface area contributed by atoms with Crippen molar-refractivity contribution >= 4 is 33.4 Å². The highest BCUT2D eigenvalue weighted by Gasteiger charge is 2.34. The number of thiazole rings is 1. The quantitative estimate of drug-likeness (QED) is 0.699. The molecule has 144 valence electrons. The fraction of sp³-hybridized carbons (Fsp3) is 0.318. The van der Waals surface area contributed by atoms with Crippen LogP contribution in [0.3, 0.4) is 0 Å². The number of hydrogen-bond donors (Lipinski definition) is 1. The highest BCUT2D eigenvalue weighted by atomic mass is 32.1. The maximum Gasteiger partial charge on any atom is 0.225 e. The molecule has 1 unspecified atom stereocenters. The van der Waals surface area contributed by atoms with Gasteiger partial charge in [0.2, 0.25) is 11.8 Å². The van der Waals surface area contributed by atoms with Gasteiger partial charge in [-0.05, 0) is 24.6 Å². The summed E-state index contributed by atoms with van der Waals surface area (Å²) in [5, 5.41) is 4.00. The lowest BCUT2D eigenvalue weighted by Gasteiger charge is -2.16. The Morgan fingerprint density at radius 2 is 2.00 bits per heavy atom. The van der Waals surface area contributed by atoms with Gasteiger partial charge in [0.25, 0.3) is 0 Å². The number of likely N-dealkylation sites (tertiary alicyclic amines) is 1. The Hall–Kier alpha value is -2.73. The molecule has 0 aliphatic carbocycles. The van der Waals surface area contributed by atoms with E-state index in [1.807, 2.05) is 49.4 Å². The van der Waals surface area contributed by atoms with Crippen LogP contribution in [0.5, 0.6) is 0 Å². The van der Waals surface area contributed by atoms with Gasteiger partial charge in [0.05, 0.1) is 21.1 Å². The Kier molecular flexibility index (Phi) is 5.39. The van der Waals surface area contributed by atoms with Gasteiger partial charge in [0, 0.05) is 32.5 Å². The third kappa shape index (κ3) is 4.22. The summed E-state index contributed by atoms with van der Waals surface area (Å²) in [5.74, 6) is -0.263. The van der Waals surface area contributed by atoms with E-state index in [0.29, 0.717) is 32.5 Å². The lowest BCUT2D eigenvalue weighted by Crippen LogP contribution is -2.34. The monoisotopic (exact) mass is 393 g/mol. The van der Waals surface area contributed by atoms with E-state index in [0.717, 1.165) is 20.8 Å². The highest BCUT2D eigenvalue weighted by Crippen LogP contribution is 2.22. The van der Waals surface area contributed by atoms with E-state index < -0.39 is 0 Å². The van der Waals surface area contributed by atoms with Crippen LogP contribution in [0.4, 0.5) is 0 Å². The van der Waals surface area contributed by atoms with E-state index >= 15 is 0 Å². The van der Waals surface area contributed by atoms with Crippen molar-refractivity contribution in [3.8, 4) is 0 Å². The summed E-state index contributed by atoms with van der Waals surface area (Å²) < 4.78 is 1.16. The molecule has 2 heterocycles. The molecule has 4 rings (SSSR count). The number of hydrogen-bond acceptors (Lipinski definition) is 4. The van der Waals surface area contributed by atoms with Crippen LogP contribution >= 0.6 is 11.3 Å². The number of fused-ring (bicyclic) bond motifs is 1. The largest absolute Gasteiger partial charge is 0.355 e. The molecule has 1 N–H and O–H groups in total. The van der Waals surface area contributed by atoms with Crippen LogP contribution in [0.15, 0.2) is 48.5 Å². The van der Waals surface area contributed by atoms with Gasteiger partial charge in [0.1, 0.15) is 0 Å². The maximum absolute atomic E-state index is 12.5. The summed E-state index contributed by atoms with van der Waals surface area (Å²) >= 11 is 1.66. The summed E-state index contributed by atoms with van der Waals surface area (Å²) in [4.78, 5) is 31.2. The molecule has 1 aromatic heterocycles. The summed E-state index contributed by atoms with van der Waals surface area (Å²) in [6, 6.07) is 16.2. The van der Waals surface area contributed by atoms with Crippen LogP contribution in [0.25, 0.3) is 10.2 Å². The van der Waals surface area contributed by atoms with Gasteiger partial charge in [-0.25, -0.2) is 4.98 Å². The van der Waals surface area contributed by atoms with Crippen molar-refractivity contribution in [2.24, 2.45) is 5.92 Å². The second-order valence-corrected chi connectivity index (χ2v) is 8.39. The number of para-hydroxylation sites is 1. The zero-order chi connectivity index (χ0) is 19.5. The summed E-state index contributed by atoms with van der Waals surface area (Å²) in [5.41, 5.74) is 3.29. The van der Waals surface area contributed by atoms with Crippen molar-refractivity contribution in [2.75, 3.05) is 13.1 Å². The van der Waals surface area contributed by atoms with Crippen molar-refractivity contribution < 1.29 is 9.59 Å². The van der Waals surface area contributed by atoms with Crippen LogP contribution in [-0.4, -0.2) is 34.8 Å². The molecular formula is C22H23N3O2S. The number of nitrogens with one attached hydrogen (secondary N) is 1. The van der Waals surface area contributed by atoms with Gasteiger partial charge in [-0.15, -0.1) is 11.3 Å². The van der Waals surface area contributed by atoms with Gasteiger partial charge in [-0.3, -0.25) is 9.59 Å². The first kappa shape index (κ1) is 18.6. The lowest BCUT2D eigenvalue weighted by molar-refractivity contribution is -0.129. The number of rotatable bonds is 6. The molecule has 2 amide bonds. The standard InChI is InChI=1S/C22H23N3O2S/c1-15-6-8-16(9-7-15)13-25-14-17(12-21(25)26)22(27)23-11-10-20-24-18-4-2-3-5-19(18)28-20/h2-9,17H,10-14H2,1H3,(H,23,27). The predicted octanol–water partition coefficient (Wildman–Crippen LogP) is 3.31. The molecular weight excluding hydrogens is 370 g/mol. The van der Waals surface area contributed by atoms with Crippen LogP contribution in [0.1, 0.15) is 22.6 Å². The number of benzene rings is 2. The summed E-state index contributed by atoms with van der Waals surface area (Å²) in [6.07, 6.45) is 0.998. The smallest absolute Gasteiger partial charge is 0.225 e. The molecule has 1 saturated heterocycles. The normalized spacial score (nSPS) is 16.7. The molecule has 1 aliphatic heterocycles. The van der Waals surface area contributed by atoms with Gasteiger partial charge < -0.3 is 10.2 Å². The van der Waals surface area contributed by atoms with Crippen LogP contribution < -0.4 is 5.32 Å². The SMILES string of the molecule is Cc1ccc(CN2CC(C(=O)NCCc3nc4ccccc4s3)CC2=O)cc1. The minimum Gasteiger partial charge on any atom is -0.355 e. The predicted molar refractivity (Wildman–Crippen MR) is 111 cm³/mol. The number of amides is 2. The lowest BCUT2D eigenvalue weighted by atomic mass is 10.1. The molecule has 1 fully saturated rings. The Bertz CT molecular complexity index is 963. The Morgan fingerprint density at radius 1 is 1.21 bits per heavy atom. The Labute approximate surface area is 168 Å². The van der Waals surface area contributed by atoms with Gasteiger partial charge in [-0.2, -0.15) is 0 Å². The number of carbonyl (C=O) groups excluding carboxylic acids is 2. The fourth-order valence-electron chi connectivity index (χ4n) is 3.48. The first-order valence-electron chi connectivity index (χ1n) is 9.54.